The summed E-state index contributed by atoms with van der Waals surface area (Å²) in [5.41, 5.74) is 0.812. The van der Waals surface area contributed by atoms with E-state index in [0.29, 0.717) is 10.7 Å². The largest absolute Gasteiger partial charge is 0.478 e. The second kappa shape index (κ2) is 5.54. The Balaban J connectivity index is 0.000000671. The van der Waals surface area contributed by atoms with Gasteiger partial charge in [-0.25, -0.2) is 9.78 Å². The third-order valence-corrected chi connectivity index (χ3v) is 1.51. The van der Waals surface area contributed by atoms with Gasteiger partial charge in [-0.15, -0.1) is 0 Å². The molecule has 1 aromatic rings. The number of aromatic carboxylic acids is 1. The minimum Gasteiger partial charge on any atom is -0.478 e. The molecule has 1 heterocycles. The topological polar surface area (TPSA) is 50.2 Å². The Morgan fingerprint density at radius 3 is 2.46 bits per heavy atom. The Bertz CT molecular complexity index is 300. The smallest absolute Gasteiger partial charge is 0.337 e. The molecule has 0 spiro atoms. The van der Waals surface area contributed by atoms with Crippen LogP contribution in [0.2, 0.25) is 5.15 Å². The number of aromatic nitrogens is 1. The summed E-state index contributed by atoms with van der Waals surface area (Å²) in [6.45, 7) is 5.68. The maximum Gasteiger partial charge on any atom is 0.337 e. The Hall–Kier alpha value is -1.09. The summed E-state index contributed by atoms with van der Waals surface area (Å²) in [5.74, 6) is -0.980. The van der Waals surface area contributed by atoms with E-state index in [1.807, 2.05) is 13.8 Å². The van der Waals surface area contributed by atoms with Crippen LogP contribution < -0.4 is 0 Å². The molecule has 0 aliphatic heterocycles. The van der Waals surface area contributed by atoms with Gasteiger partial charge in [-0.3, -0.25) is 0 Å². The highest BCUT2D eigenvalue weighted by Crippen LogP contribution is 2.11. The molecule has 0 bridgehead atoms. The standard InChI is InChI=1S/C7H6ClNO2.C2H6/c1-4-2-6(8)9-3-5(4)7(10)11;1-2/h2-3H,1H3,(H,10,11);1-2H3. The number of carboxylic acid groups (broad SMARTS) is 1. The van der Waals surface area contributed by atoms with Gasteiger partial charge in [0, 0.05) is 6.20 Å². The zero-order valence-electron chi connectivity index (χ0n) is 7.84. The molecule has 0 aromatic carbocycles. The molecule has 0 aliphatic carbocycles. The predicted molar refractivity (Wildman–Crippen MR) is 52.3 cm³/mol. The molecular formula is C9H12ClNO2. The molecule has 13 heavy (non-hydrogen) atoms. The number of carboxylic acids is 1. The lowest BCUT2D eigenvalue weighted by Gasteiger charge is -1.98. The summed E-state index contributed by atoms with van der Waals surface area (Å²) in [4.78, 5) is 14.1. The van der Waals surface area contributed by atoms with Crippen LogP contribution in [0.5, 0.6) is 0 Å². The number of hydrogen-bond acceptors (Lipinski definition) is 2. The van der Waals surface area contributed by atoms with Gasteiger partial charge in [-0.2, -0.15) is 0 Å². The van der Waals surface area contributed by atoms with Crippen LogP contribution in [0.3, 0.4) is 0 Å². The average Bonchev–Trinajstić information content (AvgIpc) is 2.07. The Morgan fingerprint density at radius 2 is 2.08 bits per heavy atom. The molecular weight excluding hydrogens is 190 g/mol. The van der Waals surface area contributed by atoms with Crippen molar-refractivity contribution in [2.75, 3.05) is 0 Å². The Morgan fingerprint density at radius 1 is 1.54 bits per heavy atom. The van der Waals surface area contributed by atoms with Gasteiger partial charge < -0.3 is 5.11 Å². The summed E-state index contributed by atoms with van der Waals surface area (Å²) in [6.07, 6.45) is 1.25. The van der Waals surface area contributed by atoms with E-state index >= 15 is 0 Å². The van der Waals surface area contributed by atoms with Crippen LogP contribution in [0.15, 0.2) is 12.3 Å². The van der Waals surface area contributed by atoms with Gasteiger partial charge in [0.05, 0.1) is 5.56 Å². The van der Waals surface area contributed by atoms with E-state index in [2.05, 4.69) is 4.98 Å². The minimum atomic E-state index is -0.980. The van der Waals surface area contributed by atoms with Crippen LogP contribution in [-0.4, -0.2) is 16.1 Å². The number of carbonyl (C=O) groups is 1. The highest BCUT2D eigenvalue weighted by Gasteiger charge is 2.06. The first-order valence-electron chi connectivity index (χ1n) is 3.96. The fourth-order valence-electron chi connectivity index (χ4n) is 0.746. The molecule has 4 heteroatoms. The number of aryl methyl sites for hydroxylation is 1. The van der Waals surface area contributed by atoms with E-state index in [4.69, 9.17) is 16.7 Å². The third-order valence-electron chi connectivity index (χ3n) is 1.31. The van der Waals surface area contributed by atoms with Crippen LogP contribution in [0.4, 0.5) is 0 Å². The van der Waals surface area contributed by atoms with Crippen molar-refractivity contribution in [2.45, 2.75) is 20.8 Å². The average molecular weight is 202 g/mol. The fraction of sp³-hybridized carbons (Fsp3) is 0.333. The van der Waals surface area contributed by atoms with Crippen molar-refractivity contribution in [1.82, 2.24) is 4.98 Å². The van der Waals surface area contributed by atoms with Crippen molar-refractivity contribution in [3.63, 3.8) is 0 Å². The summed E-state index contributed by atoms with van der Waals surface area (Å²) < 4.78 is 0. The molecule has 3 nitrogen and oxygen atoms in total. The van der Waals surface area contributed by atoms with E-state index in [9.17, 15) is 4.79 Å². The Kier molecular flexibility index (Phi) is 5.07. The number of nitrogens with zero attached hydrogens (tertiary/aromatic N) is 1. The normalized spacial score (nSPS) is 8.62. The summed E-state index contributed by atoms with van der Waals surface area (Å²) in [6, 6.07) is 1.52. The molecule has 1 rings (SSSR count). The van der Waals surface area contributed by atoms with Crippen LogP contribution in [0.1, 0.15) is 29.8 Å². The number of hydrogen-bond donors (Lipinski definition) is 1. The predicted octanol–water partition coefficient (Wildman–Crippen LogP) is 2.77. The van der Waals surface area contributed by atoms with E-state index < -0.39 is 5.97 Å². The molecule has 0 radical (unpaired) electrons. The molecule has 0 fully saturated rings. The van der Waals surface area contributed by atoms with Crippen LogP contribution in [-0.2, 0) is 0 Å². The fourth-order valence-corrected chi connectivity index (χ4v) is 0.958. The molecule has 0 aliphatic rings. The molecule has 0 saturated carbocycles. The van der Waals surface area contributed by atoms with Crippen LogP contribution >= 0.6 is 11.6 Å². The Labute approximate surface area is 82.4 Å². The third kappa shape index (κ3) is 3.42. The lowest BCUT2D eigenvalue weighted by atomic mass is 10.2. The zero-order valence-corrected chi connectivity index (χ0v) is 8.59. The van der Waals surface area contributed by atoms with Gasteiger partial charge >= 0.3 is 5.97 Å². The van der Waals surface area contributed by atoms with Crippen molar-refractivity contribution in [3.05, 3.63) is 28.5 Å². The number of rotatable bonds is 1. The van der Waals surface area contributed by atoms with E-state index in [1.165, 1.54) is 12.3 Å². The van der Waals surface area contributed by atoms with Gasteiger partial charge in [0.2, 0.25) is 0 Å². The monoisotopic (exact) mass is 201 g/mol. The lowest BCUT2D eigenvalue weighted by Crippen LogP contribution is -2.00. The first-order valence-corrected chi connectivity index (χ1v) is 4.34. The maximum absolute atomic E-state index is 10.4. The second-order valence-corrected chi connectivity index (χ2v) is 2.51. The van der Waals surface area contributed by atoms with Crippen LogP contribution in [0.25, 0.3) is 0 Å². The van der Waals surface area contributed by atoms with Gasteiger partial charge in [0.1, 0.15) is 5.15 Å². The molecule has 1 aromatic heterocycles. The highest BCUT2D eigenvalue weighted by atomic mass is 35.5. The van der Waals surface area contributed by atoms with Crippen LogP contribution in [0, 0.1) is 6.92 Å². The molecule has 1 N–H and O–H groups in total. The highest BCUT2D eigenvalue weighted by molar-refractivity contribution is 6.29. The van der Waals surface area contributed by atoms with Crippen molar-refractivity contribution in [3.8, 4) is 0 Å². The summed E-state index contributed by atoms with van der Waals surface area (Å²) >= 11 is 5.52. The van der Waals surface area contributed by atoms with Crippen molar-refractivity contribution >= 4 is 17.6 Å². The first kappa shape index (κ1) is 11.9. The zero-order chi connectivity index (χ0) is 10.4. The van der Waals surface area contributed by atoms with Crippen molar-refractivity contribution < 1.29 is 9.90 Å². The van der Waals surface area contributed by atoms with Gasteiger partial charge in [-0.05, 0) is 18.6 Å². The molecule has 0 atom stereocenters. The van der Waals surface area contributed by atoms with E-state index in [-0.39, 0.29) is 5.56 Å². The lowest BCUT2D eigenvalue weighted by molar-refractivity contribution is 0.0695. The van der Waals surface area contributed by atoms with E-state index in [1.54, 1.807) is 6.92 Å². The number of pyridine rings is 1. The molecule has 0 amide bonds. The van der Waals surface area contributed by atoms with E-state index in [0.717, 1.165) is 0 Å². The van der Waals surface area contributed by atoms with Crippen molar-refractivity contribution in [1.29, 1.82) is 0 Å². The second-order valence-electron chi connectivity index (χ2n) is 2.13. The van der Waals surface area contributed by atoms with Gasteiger partial charge in [0.15, 0.2) is 0 Å². The number of halogens is 1. The molecule has 72 valence electrons. The first-order chi connectivity index (χ1) is 6.11. The van der Waals surface area contributed by atoms with Crippen molar-refractivity contribution in [2.24, 2.45) is 0 Å². The van der Waals surface area contributed by atoms with Gasteiger partial charge in [0.25, 0.3) is 0 Å². The quantitative estimate of drug-likeness (QED) is 0.711. The maximum atomic E-state index is 10.4. The molecule has 0 saturated heterocycles. The molecule has 0 unspecified atom stereocenters. The summed E-state index contributed by atoms with van der Waals surface area (Å²) in [5, 5.41) is 8.89. The van der Waals surface area contributed by atoms with Gasteiger partial charge in [-0.1, -0.05) is 25.4 Å². The summed E-state index contributed by atoms with van der Waals surface area (Å²) in [7, 11) is 0. The minimum absolute atomic E-state index is 0.189. The SMILES string of the molecule is CC.Cc1cc(Cl)ncc1C(=O)O.